The number of hydrogen-bond donors (Lipinski definition) is 2. The molecule has 1 aromatic heterocycles. The first-order valence-corrected chi connectivity index (χ1v) is 7.53. The minimum absolute atomic E-state index is 0.0766. The van der Waals surface area contributed by atoms with Crippen LogP contribution in [-0.4, -0.2) is 42.1 Å². The number of nitrogens with zero attached hydrogens (tertiary/aromatic N) is 2. The maximum atomic E-state index is 12.6. The summed E-state index contributed by atoms with van der Waals surface area (Å²) in [4.78, 5) is 0.274. The van der Waals surface area contributed by atoms with Gasteiger partial charge in [0.25, 0.3) is 0 Å². The number of nitrogens with one attached hydrogen (secondary N) is 1. The summed E-state index contributed by atoms with van der Waals surface area (Å²) in [6.07, 6.45) is 0.745. The quantitative estimate of drug-likeness (QED) is 0.801. The van der Waals surface area contributed by atoms with E-state index in [0.717, 1.165) is 6.42 Å². The average molecular weight is 274 g/mol. The highest BCUT2D eigenvalue weighted by Gasteiger charge is 2.31. The van der Waals surface area contributed by atoms with E-state index in [1.54, 1.807) is 13.8 Å². The predicted molar refractivity (Wildman–Crippen MR) is 70.8 cm³/mol. The highest BCUT2D eigenvalue weighted by molar-refractivity contribution is 7.89. The first kappa shape index (κ1) is 15.1. The second kappa shape index (κ2) is 5.81. The zero-order valence-corrected chi connectivity index (χ0v) is 12.2. The lowest BCUT2D eigenvalue weighted by Gasteiger charge is -2.27. The molecule has 0 saturated carbocycles. The van der Waals surface area contributed by atoms with Crippen molar-refractivity contribution in [2.24, 2.45) is 5.73 Å². The summed E-state index contributed by atoms with van der Waals surface area (Å²) in [5.74, 6) is 0. The van der Waals surface area contributed by atoms with Crippen molar-refractivity contribution in [3.8, 4) is 0 Å². The van der Waals surface area contributed by atoms with E-state index in [1.165, 1.54) is 4.31 Å². The molecule has 1 rings (SSSR count). The molecule has 0 amide bonds. The Balaban J connectivity index is 3.26. The van der Waals surface area contributed by atoms with Crippen LogP contribution in [-0.2, 0) is 10.0 Å². The lowest BCUT2D eigenvalue weighted by Crippen LogP contribution is -2.41. The van der Waals surface area contributed by atoms with Crippen molar-refractivity contribution >= 4 is 10.0 Å². The van der Waals surface area contributed by atoms with Gasteiger partial charge in [-0.3, -0.25) is 5.10 Å². The number of aromatic nitrogens is 2. The van der Waals surface area contributed by atoms with Crippen LogP contribution in [0.1, 0.15) is 31.7 Å². The molecule has 0 aliphatic heterocycles. The number of aryl methyl sites for hydroxylation is 2. The molecule has 6 nitrogen and oxygen atoms in total. The van der Waals surface area contributed by atoms with Crippen LogP contribution in [0.15, 0.2) is 4.90 Å². The molecule has 3 N–H and O–H groups in total. The van der Waals surface area contributed by atoms with Crippen molar-refractivity contribution < 1.29 is 8.42 Å². The fraction of sp³-hybridized carbons (Fsp3) is 0.727. The molecule has 1 heterocycles. The molecular formula is C11H22N4O2S. The van der Waals surface area contributed by atoms with Crippen LogP contribution < -0.4 is 5.73 Å². The fourth-order valence-electron chi connectivity index (χ4n) is 1.95. The maximum Gasteiger partial charge on any atom is 0.247 e. The van der Waals surface area contributed by atoms with Gasteiger partial charge in [-0.05, 0) is 27.2 Å². The Morgan fingerprint density at radius 2 is 2.06 bits per heavy atom. The number of hydrogen-bond acceptors (Lipinski definition) is 4. The second-order valence-electron chi connectivity index (χ2n) is 4.42. The van der Waals surface area contributed by atoms with Gasteiger partial charge in [0, 0.05) is 19.1 Å². The van der Waals surface area contributed by atoms with Gasteiger partial charge in [0.2, 0.25) is 10.0 Å². The Kier molecular flexibility index (Phi) is 4.89. The minimum atomic E-state index is -3.53. The summed E-state index contributed by atoms with van der Waals surface area (Å²) < 4.78 is 26.7. The Morgan fingerprint density at radius 3 is 2.44 bits per heavy atom. The largest absolute Gasteiger partial charge is 0.329 e. The molecule has 18 heavy (non-hydrogen) atoms. The Labute approximate surface area is 109 Å². The highest BCUT2D eigenvalue weighted by Crippen LogP contribution is 2.23. The standard InChI is InChI=1S/C11H22N4O2S/c1-5-8(2)15(7-6-12)18(16,17)11-9(3)13-14-10(11)4/h8H,5-7,12H2,1-4H3,(H,13,14). The fourth-order valence-corrected chi connectivity index (χ4v) is 4.00. The van der Waals surface area contributed by atoms with Crippen molar-refractivity contribution in [3.05, 3.63) is 11.4 Å². The van der Waals surface area contributed by atoms with Gasteiger partial charge in [-0.15, -0.1) is 0 Å². The summed E-state index contributed by atoms with van der Waals surface area (Å²) in [6, 6.07) is -0.0766. The van der Waals surface area contributed by atoms with E-state index in [-0.39, 0.29) is 10.9 Å². The number of rotatable bonds is 6. The zero-order valence-electron chi connectivity index (χ0n) is 11.4. The lowest BCUT2D eigenvalue weighted by atomic mass is 10.2. The summed E-state index contributed by atoms with van der Waals surface area (Å²) >= 11 is 0. The van der Waals surface area contributed by atoms with Crippen LogP contribution >= 0.6 is 0 Å². The smallest absolute Gasteiger partial charge is 0.247 e. The van der Waals surface area contributed by atoms with E-state index in [2.05, 4.69) is 10.2 Å². The molecule has 0 spiro atoms. The molecule has 1 aromatic rings. The normalized spacial score (nSPS) is 14.1. The monoisotopic (exact) mass is 274 g/mol. The van der Waals surface area contributed by atoms with Crippen LogP contribution in [0, 0.1) is 13.8 Å². The second-order valence-corrected chi connectivity index (χ2v) is 6.25. The molecule has 0 aliphatic rings. The van der Waals surface area contributed by atoms with Crippen LogP contribution in [0.4, 0.5) is 0 Å². The molecule has 0 aliphatic carbocycles. The molecule has 104 valence electrons. The van der Waals surface area contributed by atoms with Gasteiger partial charge in [-0.2, -0.15) is 9.40 Å². The number of sulfonamides is 1. The Bertz CT molecular complexity index is 476. The van der Waals surface area contributed by atoms with Gasteiger partial charge in [0.05, 0.1) is 11.4 Å². The molecular weight excluding hydrogens is 252 g/mol. The van der Waals surface area contributed by atoms with Crippen molar-refractivity contribution in [2.45, 2.75) is 45.1 Å². The van der Waals surface area contributed by atoms with E-state index in [1.807, 2.05) is 13.8 Å². The molecule has 0 radical (unpaired) electrons. The number of aromatic amines is 1. The Morgan fingerprint density at radius 1 is 1.44 bits per heavy atom. The number of nitrogens with two attached hydrogens (primary N) is 1. The van der Waals surface area contributed by atoms with Gasteiger partial charge >= 0.3 is 0 Å². The van der Waals surface area contributed by atoms with Crippen molar-refractivity contribution in [1.82, 2.24) is 14.5 Å². The molecule has 0 saturated heterocycles. The van der Waals surface area contributed by atoms with E-state index >= 15 is 0 Å². The third kappa shape index (κ3) is 2.73. The third-order valence-corrected chi connectivity index (χ3v) is 5.34. The van der Waals surface area contributed by atoms with Gasteiger partial charge in [-0.1, -0.05) is 6.92 Å². The average Bonchev–Trinajstić information content (AvgIpc) is 2.65. The summed E-state index contributed by atoms with van der Waals surface area (Å²) in [6.45, 7) is 7.87. The molecule has 0 bridgehead atoms. The third-order valence-electron chi connectivity index (χ3n) is 3.06. The summed E-state index contributed by atoms with van der Waals surface area (Å²) in [7, 11) is -3.53. The van der Waals surface area contributed by atoms with Crippen molar-refractivity contribution in [1.29, 1.82) is 0 Å². The van der Waals surface area contributed by atoms with Crippen LogP contribution in [0.5, 0.6) is 0 Å². The van der Waals surface area contributed by atoms with E-state index in [0.29, 0.717) is 24.5 Å². The predicted octanol–water partition coefficient (Wildman–Crippen LogP) is 0.774. The van der Waals surface area contributed by atoms with Crippen LogP contribution in [0.3, 0.4) is 0 Å². The zero-order chi connectivity index (χ0) is 13.9. The molecule has 0 aromatic carbocycles. The van der Waals surface area contributed by atoms with Gasteiger partial charge < -0.3 is 5.73 Å². The SMILES string of the molecule is CCC(C)N(CCN)S(=O)(=O)c1c(C)n[nH]c1C. The maximum absolute atomic E-state index is 12.6. The van der Waals surface area contributed by atoms with Gasteiger partial charge in [-0.25, -0.2) is 8.42 Å². The highest BCUT2D eigenvalue weighted by atomic mass is 32.2. The minimum Gasteiger partial charge on any atom is -0.329 e. The lowest BCUT2D eigenvalue weighted by molar-refractivity contribution is 0.335. The van der Waals surface area contributed by atoms with Crippen molar-refractivity contribution in [2.75, 3.05) is 13.1 Å². The van der Waals surface area contributed by atoms with Gasteiger partial charge in [0.15, 0.2) is 0 Å². The molecule has 7 heteroatoms. The summed E-state index contributed by atoms with van der Waals surface area (Å²) in [5.41, 5.74) is 6.58. The van der Waals surface area contributed by atoms with Crippen LogP contribution in [0.2, 0.25) is 0 Å². The van der Waals surface area contributed by atoms with Crippen molar-refractivity contribution in [3.63, 3.8) is 0 Å². The topological polar surface area (TPSA) is 92.1 Å². The van der Waals surface area contributed by atoms with E-state index in [4.69, 9.17) is 5.73 Å². The molecule has 1 unspecified atom stereocenters. The summed E-state index contributed by atoms with van der Waals surface area (Å²) in [5, 5.41) is 6.66. The van der Waals surface area contributed by atoms with Crippen LogP contribution in [0.25, 0.3) is 0 Å². The molecule has 0 fully saturated rings. The first-order valence-electron chi connectivity index (χ1n) is 6.09. The first-order chi connectivity index (χ1) is 8.36. The van der Waals surface area contributed by atoms with E-state index in [9.17, 15) is 8.42 Å². The van der Waals surface area contributed by atoms with Gasteiger partial charge in [0.1, 0.15) is 4.90 Å². The van der Waals surface area contributed by atoms with E-state index < -0.39 is 10.0 Å². The Hall–Kier alpha value is -0.920. The number of H-pyrrole nitrogens is 1. The molecule has 1 atom stereocenters.